The van der Waals surface area contributed by atoms with Crippen LogP contribution in [-0.2, 0) is 0 Å². The van der Waals surface area contributed by atoms with Gasteiger partial charge in [-0.2, -0.15) is 0 Å². The van der Waals surface area contributed by atoms with Crippen LogP contribution in [0.2, 0.25) is 0 Å². The summed E-state index contributed by atoms with van der Waals surface area (Å²) in [4.78, 5) is 12.2. The highest BCUT2D eigenvalue weighted by atomic mass is 19.1. The molecule has 0 fully saturated rings. The summed E-state index contributed by atoms with van der Waals surface area (Å²) in [6.07, 6.45) is 0. The number of aryl methyl sites for hydroxylation is 1. The SMILES string of the molecule is Cc1cc(F)cc(NC(=O)c2cc3c(cc2N)OCO3)c1. The predicted molar refractivity (Wildman–Crippen MR) is 76.1 cm³/mol. The van der Waals surface area contributed by atoms with Gasteiger partial charge in [0.2, 0.25) is 6.79 Å². The summed E-state index contributed by atoms with van der Waals surface area (Å²) in [5.74, 6) is 0.121. The molecule has 1 amide bonds. The standard InChI is InChI=1S/C15H13FN2O3/c1-8-2-9(16)4-10(3-8)18-15(19)11-5-13-14(6-12(11)17)21-7-20-13/h2-6H,7,17H2,1H3,(H,18,19). The molecule has 21 heavy (non-hydrogen) atoms. The number of nitrogens with one attached hydrogen (secondary N) is 1. The van der Waals surface area contributed by atoms with Crippen molar-refractivity contribution < 1.29 is 18.7 Å². The van der Waals surface area contributed by atoms with Crippen LogP contribution in [0.4, 0.5) is 15.8 Å². The average Bonchev–Trinajstić information content (AvgIpc) is 2.83. The van der Waals surface area contributed by atoms with Crippen LogP contribution >= 0.6 is 0 Å². The quantitative estimate of drug-likeness (QED) is 0.833. The van der Waals surface area contributed by atoms with Gasteiger partial charge < -0.3 is 20.5 Å². The number of benzene rings is 2. The van der Waals surface area contributed by atoms with Crippen molar-refractivity contribution in [2.24, 2.45) is 0 Å². The van der Waals surface area contributed by atoms with Crippen LogP contribution in [0.5, 0.6) is 11.5 Å². The van der Waals surface area contributed by atoms with Crippen LogP contribution in [0, 0.1) is 12.7 Å². The van der Waals surface area contributed by atoms with E-state index in [9.17, 15) is 9.18 Å². The number of hydrogen-bond acceptors (Lipinski definition) is 4. The number of rotatable bonds is 2. The number of anilines is 2. The monoisotopic (exact) mass is 288 g/mol. The minimum absolute atomic E-state index is 0.100. The zero-order valence-electron chi connectivity index (χ0n) is 11.3. The third-order valence-corrected chi connectivity index (χ3v) is 3.09. The molecule has 2 aromatic carbocycles. The molecule has 6 heteroatoms. The number of carbonyl (C=O) groups is 1. The Balaban J connectivity index is 1.89. The molecule has 0 atom stereocenters. The smallest absolute Gasteiger partial charge is 0.257 e. The van der Waals surface area contributed by atoms with Crippen molar-refractivity contribution in [1.29, 1.82) is 0 Å². The van der Waals surface area contributed by atoms with E-state index in [2.05, 4.69) is 5.32 Å². The second-order valence-electron chi connectivity index (χ2n) is 4.76. The normalized spacial score (nSPS) is 12.3. The highest BCUT2D eigenvalue weighted by Gasteiger charge is 2.19. The van der Waals surface area contributed by atoms with Gasteiger partial charge in [0.1, 0.15) is 5.82 Å². The van der Waals surface area contributed by atoms with Crippen LogP contribution in [-0.4, -0.2) is 12.7 Å². The summed E-state index contributed by atoms with van der Waals surface area (Å²) in [6, 6.07) is 7.34. The molecule has 0 saturated carbocycles. The van der Waals surface area contributed by atoms with Gasteiger partial charge in [0.15, 0.2) is 11.5 Å². The van der Waals surface area contributed by atoms with Gasteiger partial charge in [-0.15, -0.1) is 0 Å². The Hall–Kier alpha value is -2.76. The van der Waals surface area contributed by atoms with Gasteiger partial charge in [0.25, 0.3) is 5.91 Å². The molecule has 0 spiro atoms. The summed E-state index contributed by atoms with van der Waals surface area (Å²) >= 11 is 0. The molecule has 5 nitrogen and oxygen atoms in total. The third kappa shape index (κ3) is 2.60. The van der Waals surface area contributed by atoms with Gasteiger partial charge in [-0.05, 0) is 36.8 Å². The number of nitrogens with two attached hydrogens (primary N) is 1. The maximum atomic E-state index is 13.3. The molecule has 0 bridgehead atoms. The van der Waals surface area contributed by atoms with Crippen molar-refractivity contribution in [2.75, 3.05) is 17.8 Å². The molecule has 0 aromatic heterocycles. The first-order valence-electron chi connectivity index (χ1n) is 6.30. The minimum Gasteiger partial charge on any atom is -0.454 e. The lowest BCUT2D eigenvalue weighted by Crippen LogP contribution is -2.14. The van der Waals surface area contributed by atoms with Gasteiger partial charge in [-0.1, -0.05) is 0 Å². The fourth-order valence-corrected chi connectivity index (χ4v) is 2.16. The lowest BCUT2D eigenvalue weighted by atomic mass is 10.1. The molecule has 0 aliphatic carbocycles. The summed E-state index contributed by atoms with van der Waals surface area (Å²) in [5, 5.41) is 2.62. The Bertz CT molecular complexity index is 711. The number of hydrogen-bond donors (Lipinski definition) is 2. The van der Waals surface area contributed by atoms with Crippen LogP contribution in [0.25, 0.3) is 0 Å². The van der Waals surface area contributed by atoms with E-state index in [0.29, 0.717) is 22.7 Å². The van der Waals surface area contributed by atoms with Crippen molar-refractivity contribution in [2.45, 2.75) is 6.92 Å². The Labute approximate surface area is 120 Å². The van der Waals surface area contributed by atoms with E-state index in [1.54, 1.807) is 13.0 Å². The number of nitrogen functional groups attached to an aromatic ring is 1. The minimum atomic E-state index is -0.434. The highest BCUT2D eigenvalue weighted by Crippen LogP contribution is 2.36. The molecule has 0 saturated heterocycles. The third-order valence-electron chi connectivity index (χ3n) is 3.09. The maximum absolute atomic E-state index is 13.3. The van der Waals surface area contributed by atoms with Gasteiger partial charge in [-0.25, -0.2) is 4.39 Å². The van der Waals surface area contributed by atoms with E-state index in [1.165, 1.54) is 24.3 Å². The van der Waals surface area contributed by atoms with E-state index in [4.69, 9.17) is 15.2 Å². The lowest BCUT2D eigenvalue weighted by molar-refractivity contribution is 0.102. The number of ether oxygens (including phenoxy) is 2. The van der Waals surface area contributed by atoms with Crippen LogP contribution in [0.3, 0.4) is 0 Å². The summed E-state index contributed by atoms with van der Waals surface area (Å²) in [6.45, 7) is 1.84. The Morgan fingerprint density at radius 3 is 2.62 bits per heavy atom. The van der Waals surface area contributed by atoms with Gasteiger partial charge >= 0.3 is 0 Å². The number of carbonyl (C=O) groups excluding carboxylic acids is 1. The van der Waals surface area contributed by atoms with E-state index in [-0.39, 0.29) is 18.0 Å². The molecule has 3 rings (SSSR count). The largest absolute Gasteiger partial charge is 0.454 e. The second kappa shape index (κ2) is 4.97. The summed E-state index contributed by atoms with van der Waals surface area (Å²) in [5.41, 5.74) is 7.44. The lowest BCUT2D eigenvalue weighted by Gasteiger charge is -2.09. The van der Waals surface area contributed by atoms with Crippen LogP contribution in [0.1, 0.15) is 15.9 Å². The molecule has 3 N–H and O–H groups in total. The van der Waals surface area contributed by atoms with Gasteiger partial charge in [0.05, 0.1) is 5.56 Å². The van der Waals surface area contributed by atoms with E-state index < -0.39 is 11.7 Å². The van der Waals surface area contributed by atoms with E-state index >= 15 is 0 Å². The average molecular weight is 288 g/mol. The molecular weight excluding hydrogens is 275 g/mol. The first-order valence-corrected chi connectivity index (χ1v) is 6.30. The van der Waals surface area contributed by atoms with Crippen molar-refractivity contribution in [3.63, 3.8) is 0 Å². The van der Waals surface area contributed by atoms with E-state index in [1.807, 2.05) is 0 Å². The van der Waals surface area contributed by atoms with Crippen molar-refractivity contribution in [3.8, 4) is 11.5 Å². The second-order valence-corrected chi connectivity index (χ2v) is 4.76. The Morgan fingerprint density at radius 1 is 1.19 bits per heavy atom. The number of halogens is 1. The zero-order chi connectivity index (χ0) is 15.0. The molecule has 1 heterocycles. The van der Waals surface area contributed by atoms with Crippen molar-refractivity contribution >= 4 is 17.3 Å². The number of fused-ring (bicyclic) bond motifs is 1. The molecule has 108 valence electrons. The van der Waals surface area contributed by atoms with Gasteiger partial charge in [-0.3, -0.25) is 4.79 Å². The zero-order valence-corrected chi connectivity index (χ0v) is 11.3. The Kier molecular flexibility index (Phi) is 3.13. The first kappa shape index (κ1) is 13.2. The topological polar surface area (TPSA) is 73.6 Å². The fourth-order valence-electron chi connectivity index (χ4n) is 2.16. The first-order chi connectivity index (χ1) is 10.0. The fraction of sp³-hybridized carbons (Fsp3) is 0.133. The van der Waals surface area contributed by atoms with Crippen LogP contribution in [0.15, 0.2) is 30.3 Å². The maximum Gasteiger partial charge on any atom is 0.257 e. The molecule has 0 unspecified atom stereocenters. The molecule has 1 aliphatic rings. The van der Waals surface area contributed by atoms with Crippen LogP contribution < -0.4 is 20.5 Å². The van der Waals surface area contributed by atoms with Crippen molar-refractivity contribution in [3.05, 3.63) is 47.3 Å². The molecule has 2 aromatic rings. The summed E-state index contributed by atoms with van der Waals surface area (Å²) < 4.78 is 23.7. The van der Waals surface area contributed by atoms with Gasteiger partial charge in [0, 0.05) is 17.4 Å². The summed E-state index contributed by atoms with van der Waals surface area (Å²) in [7, 11) is 0. The van der Waals surface area contributed by atoms with E-state index in [0.717, 1.165) is 0 Å². The molecule has 1 aliphatic heterocycles. The molecular formula is C15H13FN2O3. The highest BCUT2D eigenvalue weighted by molar-refractivity contribution is 6.08. The Morgan fingerprint density at radius 2 is 1.90 bits per heavy atom. The van der Waals surface area contributed by atoms with Crippen molar-refractivity contribution in [1.82, 2.24) is 0 Å². The molecule has 0 radical (unpaired) electrons. The predicted octanol–water partition coefficient (Wildman–Crippen LogP) is 2.70. The number of amides is 1.